The van der Waals surface area contributed by atoms with Crippen molar-refractivity contribution in [1.29, 1.82) is 0 Å². The number of fused-ring (bicyclic) bond motifs is 1. The van der Waals surface area contributed by atoms with Crippen molar-refractivity contribution in [3.8, 4) is 5.75 Å². The Kier molecular flexibility index (Phi) is 8.97. The van der Waals surface area contributed by atoms with Gasteiger partial charge in [-0.25, -0.2) is 0 Å². The predicted molar refractivity (Wildman–Crippen MR) is 168 cm³/mol. The second kappa shape index (κ2) is 13.2. The van der Waals surface area contributed by atoms with Crippen LogP contribution >= 0.6 is 0 Å². The third-order valence-electron chi connectivity index (χ3n) is 7.42. The van der Waals surface area contributed by atoms with Crippen molar-refractivity contribution in [3.05, 3.63) is 144 Å². The molecular weight excluding hydrogens is 506 g/mol. The molecule has 1 amide bonds. The normalized spacial score (nSPS) is 13.6. The Hall–Kier alpha value is -4.61. The number of carbonyl (C=O) groups is 1. The summed E-state index contributed by atoms with van der Waals surface area (Å²) in [5, 5.41) is 7.91. The minimum atomic E-state index is -0.826. The molecule has 41 heavy (non-hydrogen) atoms. The Bertz CT molecular complexity index is 1580. The van der Waals surface area contributed by atoms with Crippen molar-refractivity contribution >= 4 is 22.9 Å². The maximum absolute atomic E-state index is 13.8. The van der Waals surface area contributed by atoms with Gasteiger partial charge in [0, 0.05) is 30.1 Å². The molecule has 5 rings (SSSR count). The Labute approximate surface area is 242 Å². The zero-order valence-corrected chi connectivity index (χ0v) is 23.6. The zero-order chi connectivity index (χ0) is 28.5. The van der Waals surface area contributed by atoms with E-state index in [1.807, 2.05) is 105 Å². The van der Waals surface area contributed by atoms with Crippen LogP contribution in [0.2, 0.25) is 0 Å². The first-order chi connectivity index (χ1) is 20.0. The minimum absolute atomic E-state index is 0.0348. The number of benzene rings is 4. The quantitative estimate of drug-likeness (QED) is 0.156. The molecule has 208 valence electrons. The SMILES string of the molecule is CC(NC(=O)C(C)(Cc1c[nH]c2ccccc12)NC/C=C/c1ccc(OCc2ccccc2)cc1)c1ccccc1. The average molecular weight is 544 g/mol. The molecule has 5 heteroatoms. The monoisotopic (exact) mass is 543 g/mol. The van der Waals surface area contributed by atoms with Crippen molar-refractivity contribution in [1.82, 2.24) is 15.6 Å². The maximum atomic E-state index is 13.8. The highest BCUT2D eigenvalue weighted by Crippen LogP contribution is 2.24. The Morgan fingerprint density at radius 2 is 1.59 bits per heavy atom. The molecule has 0 spiro atoms. The Morgan fingerprint density at radius 1 is 0.902 bits per heavy atom. The van der Waals surface area contributed by atoms with E-state index in [0.29, 0.717) is 19.6 Å². The van der Waals surface area contributed by atoms with Crippen LogP contribution in [0, 0.1) is 0 Å². The molecule has 3 N–H and O–H groups in total. The van der Waals surface area contributed by atoms with Crippen LogP contribution in [0.5, 0.6) is 5.75 Å². The zero-order valence-electron chi connectivity index (χ0n) is 23.6. The van der Waals surface area contributed by atoms with E-state index in [2.05, 4.69) is 52.0 Å². The summed E-state index contributed by atoms with van der Waals surface area (Å²) < 4.78 is 5.90. The number of carbonyl (C=O) groups excluding carboxylic acids is 1. The minimum Gasteiger partial charge on any atom is -0.489 e. The number of H-pyrrole nitrogens is 1. The molecule has 1 heterocycles. The van der Waals surface area contributed by atoms with E-state index in [9.17, 15) is 4.79 Å². The van der Waals surface area contributed by atoms with Gasteiger partial charge in [0.1, 0.15) is 12.4 Å². The summed E-state index contributed by atoms with van der Waals surface area (Å²) in [6.45, 7) is 5.08. The smallest absolute Gasteiger partial charge is 0.240 e. The summed E-state index contributed by atoms with van der Waals surface area (Å²) >= 11 is 0. The lowest BCUT2D eigenvalue weighted by Gasteiger charge is -2.31. The van der Waals surface area contributed by atoms with E-state index in [1.165, 1.54) is 0 Å². The van der Waals surface area contributed by atoms with Gasteiger partial charge in [0.05, 0.1) is 11.6 Å². The second-order valence-electron chi connectivity index (χ2n) is 10.6. The third kappa shape index (κ3) is 7.33. The van der Waals surface area contributed by atoms with Gasteiger partial charge in [0.25, 0.3) is 0 Å². The first-order valence-corrected chi connectivity index (χ1v) is 14.1. The van der Waals surface area contributed by atoms with Gasteiger partial charge in [0.2, 0.25) is 5.91 Å². The number of amides is 1. The highest BCUT2D eigenvalue weighted by Gasteiger charge is 2.34. The van der Waals surface area contributed by atoms with Crippen molar-refractivity contribution in [2.75, 3.05) is 6.54 Å². The van der Waals surface area contributed by atoms with Crippen LogP contribution in [-0.2, 0) is 17.8 Å². The van der Waals surface area contributed by atoms with Gasteiger partial charge in [0.15, 0.2) is 0 Å². The van der Waals surface area contributed by atoms with Gasteiger partial charge >= 0.3 is 0 Å². The van der Waals surface area contributed by atoms with Crippen LogP contribution in [0.1, 0.15) is 42.1 Å². The molecule has 0 bridgehead atoms. The standard InChI is InChI=1S/C36H37N3O2/c1-27(30-15-7-4-8-16-30)39-35(40)36(2,24-31-25-37-34-18-10-9-17-33(31)34)38-23-11-14-28-19-21-32(22-20-28)41-26-29-12-5-3-6-13-29/h3-22,25,27,37-38H,23-24,26H2,1-2H3,(H,39,40)/b14-11+. The van der Waals surface area contributed by atoms with Crippen molar-refractivity contribution < 1.29 is 9.53 Å². The Balaban J connectivity index is 1.24. The molecule has 1 aromatic heterocycles. The molecule has 4 aromatic carbocycles. The summed E-state index contributed by atoms with van der Waals surface area (Å²) in [6.07, 6.45) is 6.67. The van der Waals surface area contributed by atoms with Crippen LogP contribution in [0.4, 0.5) is 0 Å². The second-order valence-corrected chi connectivity index (χ2v) is 10.6. The van der Waals surface area contributed by atoms with Crippen LogP contribution in [-0.4, -0.2) is 23.0 Å². The first-order valence-electron chi connectivity index (χ1n) is 14.1. The number of aromatic nitrogens is 1. The molecule has 0 radical (unpaired) electrons. The number of para-hydroxylation sites is 1. The number of rotatable bonds is 12. The molecule has 0 saturated carbocycles. The Morgan fingerprint density at radius 3 is 2.34 bits per heavy atom. The van der Waals surface area contributed by atoms with E-state index in [0.717, 1.165) is 38.9 Å². The van der Waals surface area contributed by atoms with Crippen LogP contribution in [0.3, 0.4) is 0 Å². The van der Waals surface area contributed by atoms with Gasteiger partial charge in [-0.3, -0.25) is 10.1 Å². The van der Waals surface area contributed by atoms with Crippen molar-refractivity contribution in [2.45, 2.75) is 38.5 Å². The molecule has 2 atom stereocenters. The van der Waals surface area contributed by atoms with E-state index in [1.54, 1.807) is 0 Å². The number of aromatic amines is 1. The predicted octanol–water partition coefficient (Wildman–Crippen LogP) is 7.23. The van der Waals surface area contributed by atoms with Crippen molar-refractivity contribution in [3.63, 3.8) is 0 Å². The molecule has 0 aliphatic carbocycles. The molecule has 5 nitrogen and oxygen atoms in total. The molecule has 2 unspecified atom stereocenters. The van der Waals surface area contributed by atoms with E-state index in [-0.39, 0.29) is 11.9 Å². The lowest BCUT2D eigenvalue weighted by Crippen LogP contribution is -2.56. The van der Waals surface area contributed by atoms with Crippen LogP contribution < -0.4 is 15.4 Å². The van der Waals surface area contributed by atoms with E-state index in [4.69, 9.17) is 4.74 Å². The molecule has 5 aromatic rings. The lowest BCUT2D eigenvalue weighted by molar-refractivity contribution is -0.127. The maximum Gasteiger partial charge on any atom is 0.240 e. The summed E-state index contributed by atoms with van der Waals surface area (Å²) in [7, 11) is 0. The fourth-order valence-corrected chi connectivity index (χ4v) is 4.96. The summed E-state index contributed by atoms with van der Waals surface area (Å²) in [5.74, 6) is 0.798. The largest absolute Gasteiger partial charge is 0.489 e. The molecule has 0 saturated heterocycles. The van der Waals surface area contributed by atoms with Crippen molar-refractivity contribution in [2.24, 2.45) is 0 Å². The molecule has 0 fully saturated rings. The lowest BCUT2D eigenvalue weighted by atomic mass is 9.90. The van der Waals surface area contributed by atoms with Gasteiger partial charge in [-0.2, -0.15) is 0 Å². The summed E-state index contributed by atoms with van der Waals surface area (Å²) in [6, 6.07) is 36.3. The van der Waals surface area contributed by atoms with Gasteiger partial charge in [-0.1, -0.05) is 103 Å². The molecule has 0 aliphatic heterocycles. The van der Waals surface area contributed by atoms with Gasteiger partial charge in [-0.15, -0.1) is 0 Å². The molecule has 0 aliphatic rings. The highest BCUT2D eigenvalue weighted by molar-refractivity contribution is 5.89. The van der Waals surface area contributed by atoms with E-state index >= 15 is 0 Å². The fraction of sp³-hybridized carbons (Fsp3) is 0.194. The number of hydrogen-bond donors (Lipinski definition) is 3. The van der Waals surface area contributed by atoms with Crippen LogP contribution in [0.15, 0.2) is 121 Å². The number of ether oxygens (including phenoxy) is 1. The van der Waals surface area contributed by atoms with Gasteiger partial charge < -0.3 is 15.0 Å². The third-order valence-corrected chi connectivity index (χ3v) is 7.42. The molecular formula is C36H37N3O2. The summed E-state index contributed by atoms with van der Waals surface area (Å²) in [4.78, 5) is 17.1. The average Bonchev–Trinajstić information content (AvgIpc) is 3.42. The van der Waals surface area contributed by atoms with Crippen LogP contribution in [0.25, 0.3) is 17.0 Å². The van der Waals surface area contributed by atoms with E-state index < -0.39 is 5.54 Å². The first kappa shape index (κ1) is 27.9. The highest BCUT2D eigenvalue weighted by atomic mass is 16.5. The fourth-order valence-electron chi connectivity index (χ4n) is 4.96. The number of hydrogen-bond acceptors (Lipinski definition) is 3. The van der Waals surface area contributed by atoms with Gasteiger partial charge in [-0.05, 0) is 54.3 Å². The number of nitrogens with one attached hydrogen (secondary N) is 3. The summed E-state index contributed by atoms with van der Waals surface area (Å²) in [5.41, 5.74) is 4.63. The topological polar surface area (TPSA) is 66.2 Å².